The van der Waals surface area contributed by atoms with Crippen LogP contribution in [0.4, 0.5) is 11.4 Å². The van der Waals surface area contributed by atoms with Crippen LogP contribution in [0.25, 0.3) is 0 Å². The minimum absolute atomic E-state index is 0.0162. The molecule has 6 nitrogen and oxygen atoms in total. The number of carboxylic acid groups (broad SMARTS) is 1. The van der Waals surface area contributed by atoms with Crippen molar-refractivity contribution in [1.29, 1.82) is 0 Å². The zero-order valence-electron chi connectivity index (χ0n) is 10.3. The highest BCUT2D eigenvalue weighted by Gasteiger charge is 2.14. The molecule has 0 heterocycles. The first-order chi connectivity index (χ1) is 9.06. The predicted molar refractivity (Wildman–Crippen MR) is 71.2 cm³/mol. The Labute approximate surface area is 110 Å². The highest BCUT2D eigenvalue weighted by atomic mass is 16.6. The molecule has 0 atom stereocenters. The molecular formula is C13H14N2O4. The number of aromatic carboxylic acids is 1. The van der Waals surface area contributed by atoms with Gasteiger partial charge >= 0.3 is 5.97 Å². The van der Waals surface area contributed by atoms with Gasteiger partial charge in [-0.05, 0) is 18.9 Å². The van der Waals surface area contributed by atoms with Crippen LogP contribution in [0.1, 0.15) is 29.6 Å². The first-order valence-electron chi connectivity index (χ1n) is 5.75. The van der Waals surface area contributed by atoms with E-state index in [9.17, 15) is 14.9 Å². The van der Waals surface area contributed by atoms with E-state index in [4.69, 9.17) is 11.5 Å². The van der Waals surface area contributed by atoms with E-state index < -0.39 is 10.9 Å². The summed E-state index contributed by atoms with van der Waals surface area (Å²) in [4.78, 5) is 21.1. The summed E-state index contributed by atoms with van der Waals surface area (Å²) in [5.41, 5.74) is 0.126. The highest BCUT2D eigenvalue weighted by molar-refractivity contribution is 5.94. The lowest BCUT2D eigenvalue weighted by atomic mass is 10.1. The van der Waals surface area contributed by atoms with Crippen LogP contribution in [0.3, 0.4) is 0 Å². The summed E-state index contributed by atoms with van der Waals surface area (Å²) in [7, 11) is 0. The molecule has 6 heteroatoms. The van der Waals surface area contributed by atoms with Crippen LogP contribution >= 0.6 is 0 Å². The smallest absolute Gasteiger partial charge is 0.337 e. The van der Waals surface area contributed by atoms with Gasteiger partial charge in [-0.1, -0.05) is 0 Å². The summed E-state index contributed by atoms with van der Waals surface area (Å²) < 4.78 is 0. The van der Waals surface area contributed by atoms with Gasteiger partial charge in [-0.3, -0.25) is 10.1 Å². The maximum absolute atomic E-state index is 11.0. The maximum Gasteiger partial charge on any atom is 0.337 e. The molecule has 0 bridgehead atoms. The van der Waals surface area contributed by atoms with E-state index in [0.717, 1.165) is 12.8 Å². The van der Waals surface area contributed by atoms with Crippen molar-refractivity contribution in [3.05, 3.63) is 33.9 Å². The first kappa shape index (κ1) is 14.5. The number of unbranched alkanes of at least 4 members (excludes halogenated alkanes) is 2. The first-order valence-corrected chi connectivity index (χ1v) is 5.75. The number of nitrogens with zero attached hydrogens (tertiary/aromatic N) is 1. The van der Waals surface area contributed by atoms with Crippen molar-refractivity contribution in [2.75, 3.05) is 11.9 Å². The molecule has 0 unspecified atom stereocenters. The number of benzene rings is 1. The lowest BCUT2D eigenvalue weighted by molar-refractivity contribution is -0.384. The Morgan fingerprint density at radius 1 is 1.47 bits per heavy atom. The van der Waals surface area contributed by atoms with Crippen molar-refractivity contribution in [2.45, 2.75) is 19.3 Å². The van der Waals surface area contributed by atoms with Crippen molar-refractivity contribution < 1.29 is 14.8 Å². The van der Waals surface area contributed by atoms with Gasteiger partial charge in [-0.15, -0.1) is 12.3 Å². The van der Waals surface area contributed by atoms with Crippen molar-refractivity contribution in [1.82, 2.24) is 0 Å². The van der Waals surface area contributed by atoms with E-state index >= 15 is 0 Å². The summed E-state index contributed by atoms with van der Waals surface area (Å²) in [6.07, 6.45) is 7.36. The largest absolute Gasteiger partial charge is 0.478 e. The van der Waals surface area contributed by atoms with E-state index in [2.05, 4.69) is 11.2 Å². The Hall–Kier alpha value is -2.55. The van der Waals surface area contributed by atoms with Crippen LogP contribution in [0, 0.1) is 22.5 Å². The Kier molecular flexibility index (Phi) is 5.35. The maximum atomic E-state index is 11.0. The van der Waals surface area contributed by atoms with Crippen LogP contribution in [0.15, 0.2) is 18.2 Å². The van der Waals surface area contributed by atoms with E-state index in [1.807, 2.05) is 0 Å². The topological polar surface area (TPSA) is 92.5 Å². The third-order valence-corrected chi connectivity index (χ3v) is 2.51. The Morgan fingerprint density at radius 3 is 2.79 bits per heavy atom. The molecule has 1 aromatic carbocycles. The van der Waals surface area contributed by atoms with Gasteiger partial charge in [0.05, 0.1) is 16.2 Å². The monoisotopic (exact) mass is 262 g/mol. The van der Waals surface area contributed by atoms with Crippen LogP contribution in [0.5, 0.6) is 0 Å². The molecule has 19 heavy (non-hydrogen) atoms. The van der Waals surface area contributed by atoms with Crippen molar-refractivity contribution in [2.24, 2.45) is 0 Å². The predicted octanol–water partition coefficient (Wildman–Crippen LogP) is 2.51. The van der Waals surface area contributed by atoms with E-state index in [0.29, 0.717) is 13.0 Å². The van der Waals surface area contributed by atoms with Gasteiger partial charge < -0.3 is 10.4 Å². The number of nitro groups is 1. The molecule has 1 aromatic rings. The Bertz CT molecular complexity index is 520. The Balaban J connectivity index is 2.78. The molecule has 0 aliphatic carbocycles. The van der Waals surface area contributed by atoms with Gasteiger partial charge in [0.1, 0.15) is 0 Å². The summed E-state index contributed by atoms with van der Waals surface area (Å²) in [6, 6.07) is 3.63. The van der Waals surface area contributed by atoms with Crippen LogP contribution < -0.4 is 5.32 Å². The number of nitrogens with one attached hydrogen (secondary N) is 1. The number of non-ortho nitro benzene ring substituents is 1. The Morgan fingerprint density at radius 2 is 2.21 bits per heavy atom. The molecule has 0 saturated heterocycles. The second-order valence-corrected chi connectivity index (χ2v) is 3.88. The van der Waals surface area contributed by atoms with Gasteiger partial charge in [-0.2, -0.15) is 0 Å². The normalized spacial score (nSPS) is 9.63. The molecule has 0 aromatic heterocycles. The van der Waals surface area contributed by atoms with Gasteiger partial charge in [0.25, 0.3) is 5.69 Å². The van der Waals surface area contributed by atoms with Crippen molar-refractivity contribution in [3.8, 4) is 12.3 Å². The standard InChI is InChI=1S/C13H14N2O4/c1-2-3-4-5-8-14-12-9-10(15(18)19)6-7-11(12)13(16)17/h1,6-7,9,14H,3-5,8H2,(H,16,17). The van der Waals surface area contributed by atoms with Crippen LogP contribution in [-0.2, 0) is 0 Å². The fraction of sp³-hybridized carbons (Fsp3) is 0.308. The minimum Gasteiger partial charge on any atom is -0.478 e. The number of nitro benzene ring substituents is 1. The summed E-state index contributed by atoms with van der Waals surface area (Å²) in [5.74, 6) is 1.38. The fourth-order valence-corrected chi connectivity index (χ4v) is 1.55. The molecule has 0 amide bonds. The zero-order valence-corrected chi connectivity index (χ0v) is 10.3. The fourth-order valence-electron chi connectivity index (χ4n) is 1.55. The van der Waals surface area contributed by atoms with Gasteiger partial charge in [0, 0.05) is 25.1 Å². The highest BCUT2D eigenvalue weighted by Crippen LogP contribution is 2.22. The molecule has 0 aliphatic rings. The molecule has 1 rings (SSSR count). The number of carbonyl (C=O) groups is 1. The van der Waals surface area contributed by atoms with Crippen LogP contribution in [-0.4, -0.2) is 22.5 Å². The number of carboxylic acids is 1. The number of hydrogen-bond acceptors (Lipinski definition) is 4. The number of terminal acetylenes is 1. The molecule has 0 fully saturated rings. The second kappa shape index (κ2) is 7.01. The minimum atomic E-state index is -1.12. The molecule has 0 spiro atoms. The van der Waals surface area contributed by atoms with E-state index in [1.54, 1.807) is 0 Å². The number of hydrogen-bond donors (Lipinski definition) is 2. The number of anilines is 1. The molecule has 0 saturated carbocycles. The SMILES string of the molecule is C#CCCCCNc1cc([N+](=O)[O-])ccc1C(=O)O. The summed E-state index contributed by atoms with van der Waals surface area (Å²) in [5, 5.41) is 22.6. The van der Waals surface area contributed by atoms with Gasteiger partial charge in [0.15, 0.2) is 0 Å². The van der Waals surface area contributed by atoms with Gasteiger partial charge in [-0.25, -0.2) is 4.79 Å². The van der Waals surface area contributed by atoms with Gasteiger partial charge in [0.2, 0.25) is 0 Å². The average molecular weight is 262 g/mol. The summed E-state index contributed by atoms with van der Waals surface area (Å²) in [6.45, 7) is 0.517. The van der Waals surface area contributed by atoms with Crippen LogP contribution in [0.2, 0.25) is 0 Å². The summed E-state index contributed by atoms with van der Waals surface area (Å²) >= 11 is 0. The molecule has 0 aliphatic heterocycles. The lowest BCUT2D eigenvalue weighted by Gasteiger charge is -2.08. The molecule has 100 valence electrons. The third kappa shape index (κ3) is 4.32. The van der Waals surface area contributed by atoms with Crippen molar-refractivity contribution >= 4 is 17.3 Å². The van der Waals surface area contributed by atoms with E-state index in [1.165, 1.54) is 18.2 Å². The zero-order chi connectivity index (χ0) is 14.3. The third-order valence-electron chi connectivity index (χ3n) is 2.51. The lowest BCUT2D eigenvalue weighted by Crippen LogP contribution is -2.08. The molecule has 2 N–H and O–H groups in total. The average Bonchev–Trinajstić information content (AvgIpc) is 2.38. The molecular weight excluding hydrogens is 248 g/mol. The quantitative estimate of drug-likeness (QED) is 0.341. The molecule has 0 radical (unpaired) electrons. The van der Waals surface area contributed by atoms with E-state index in [-0.39, 0.29) is 16.9 Å². The number of rotatable bonds is 7. The van der Waals surface area contributed by atoms with Crippen molar-refractivity contribution in [3.63, 3.8) is 0 Å². The second-order valence-electron chi connectivity index (χ2n) is 3.88.